The molecule has 0 aromatic carbocycles. The summed E-state index contributed by atoms with van der Waals surface area (Å²) in [7, 11) is 0. The second kappa shape index (κ2) is 3.42. The quantitative estimate of drug-likeness (QED) is 0.689. The summed E-state index contributed by atoms with van der Waals surface area (Å²) >= 11 is -2.41. The predicted molar refractivity (Wildman–Crippen MR) is 35.7 cm³/mol. The van der Waals surface area contributed by atoms with Crippen LogP contribution in [0, 0.1) is 0 Å². The molecule has 0 saturated heterocycles. The number of halogens is 3. The average Bonchev–Trinajstić information content (AvgIpc) is 1.85. The van der Waals surface area contributed by atoms with Crippen molar-refractivity contribution in [2.24, 2.45) is 0 Å². The minimum atomic E-state index is -3.97. The van der Waals surface area contributed by atoms with E-state index in [-0.39, 0.29) is 0 Å². The molecular weight excluding hydrogens is 262 g/mol. The fourth-order valence-electron chi connectivity index (χ4n) is 0.600. The fraction of sp³-hybridized carbons (Fsp3) is 0.167. The maximum absolute atomic E-state index is 11.8. The van der Waals surface area contributed by atoms with Gasteiger partial charge in [0.05, 0.1) is 0 Å². The monoisotopic (exact) mass is 267 g/mol. The molecule has 0 aliphatic heterocycles. The maximum atomic E-state index is 11.8. The van der Waals surface area contributed by atoms with Crippen molar-refractivity contribution in [1.82, 2.24) is 4.98 Å². The van der Waals surface area contributed by atoms with Crippen molar-refractivity contribution >= 4 is 24.7 Å². The van der Waals surface area contributed by atoms with Crippen LogP contribution in [-0.4, -0.2) is 30.3 Å². The van der Waals surface area contributed by atoms with Gasteiger partial charge in [-0.3, -0.25) is 0 Å². The third kappa shape index (κ3) is 3.59. The zero-order valence-electron chi connectivity index (χ0n) is 5.39. The van der Waals surface area contributed by atoms with Crippen molar-refractivity contribution in [2.45, 2.75) is 4.19 Å². The summed E-state index contributed by atoms with van der Waals surface area (Å²) in [5, 5.41) is 0. The molecule has 1 aromatic rings. The number of rotatable bonds is 1. The standard InChI is InChI=1S/C5H4N.CF3.Sn/c1-2-4-6-5-3-1;2-1(3)4;/h1-2,4-5H;;. The van der Waals surface area contributed by atoms with Gasteiger partial charge in [0.15, 0.2) is 0 Å². The van der Waals surface area contributed by atoms with E-state index in [9.17, 15) is 13.2 Å². The summed E-state index contributed by atoms with van der Waals surface area (Å²) in [6, 6.07) is 3.01. The van der Waals surface area contributed by atoms with Crippen LogP contribution in [0.15, 0.2) is 24.5 Å². The number of hydrogen-bond acceptors (Lipinski definition) is 1. The van der Waals surface area contributed by atoms with Crippen molar-refractivity contribution in [2.75, 3.05) is 0 Å². The molecule has 0 atom stereocenters. The molecule has 58 valence electrons. The fourth-order valence-corrected chi connectivity index (χ4v) is 2.44. The topological polar surface area (TPSA) is 12.9 Å². The van der Waals surface area contributed by atoms with E-state index in [2.05, 4.69) is 4.98 Å². The summed E-state index contributed by atoms with van der Waals surface area (Å²) in [4.78, 5) is 3.61. The number of pyridine rings is 1. The summed E-state index contributed by atoms with van der Waals surface area (Å²) in [5.41, 5.74) is 0. The molecule has 0 unspecified atom stereocenters. The van der Waals surface area contributed by atoms with Crippen LogP contribution in [0.2, 0.25) is 0 Å². The average molecular weight is 266 g/mol. The van der Waals surface area contributed by atoms with Gasteiger partial charge in [0.25, 0.3) is 0 Å². The van der Waals surface area contributed by atoms with E-state index in [4.69, 9.17) is 0 Å². The van der Waals surface area contributed by atoms with Gasteiger partial charge in [-0.1, -0.05) is 0 Å². The molecule has 11 heavy (non-hydrogen) atoms. The van der Waals surface area contributed by atoms with Crippen molar-refractivity contribution in [3.63, 3.8) is 0 Å². The minimum absolute atomic E-state index is 0.364. The number of hydrogen-bond donors (Lipinski definition) is 0. The van der Waals surface area contributed by atoms with Gasteiger partial charge in [0.2, 0.25) is 0 Å². The van der Waals surface area contributed by atoms with Crippen molar-refractivity contribution < 1.29 is 13.2 Å². The Morgan fingerprint density at radius 3 is 2.55 bits per heavy atom. The van der Waals surface area contributed by atoms with Gasteiger partial charge >= 0.3 is 71.6 Å². The van der Waals surface area contributed by atoms with E-state index < -0.39 is 25.3 Å². The van der Waals surface area contributed by atoms with Crippen LogP contribution in [0.1, 0.15) is 0 Å². The molecular formula is C6H4F3NSn. The second-order valence-electron chi connectivity index (χ2n) is 1.86. The van der Waals surface area contributed by atoms with Crippen LogP contribution in [-0.2, 0) is 0 Å². The van der Waals surface area contributed by atoms with Crippen LogP contribution >= 0.6 is 0 Å². The Bertz CT molecular complexity index is 221. The summed E-state index contributed by atoms with van der Waals surface area (Å²) < 4.78 is 31.8. The molecule has 0 spiro atoms. The third-order valence-electron chi connectivity index (χ3n) is 0.948. The van der Waals surface area contributed by atoms with Gasteiger partial charge < -0.3 is 0 Å². The van der Waals surface area contributed by atoms with Crippen molar-refractivity contribution in [3.8, 4) is 0 Å². The summed E-state index contributed by atoms with van der Waals surface area (Å²) in [5.74, 6) is 0. The van der Waals surface area contributed by atoms with E-state index in [1.54, 1.807) is 0 Å². The molecule has 1 heterocycles. The Kier molecular flexibility index (Phi) is 2.75. The summed E-state index contributed by atoms with van der Waals surface area (Å²) in [6.07, 6.45) is 2.76. The second-order valence-corrected chi connectivity index (χ2v) is 5.84. The molecule has 0 amide bonds. The van der Waals surface area contributed by atoms with E-state index >= 15 is 0 Å². The van der Waals surface area contributed by atoms with Gasteiger partial charge in [-0.05, 0) is 0 Å². The molecule has 0 bridgehead atoms. The van der Waals surface area contributed by atoms with E-state index in [1.807, 2.05) is 0 Å². The Hall–Kier alpha value is -0.261. The number of alkyl halides is 3. The first kappa shape index (κ1) is 8.83. The van der Waals surface area contributed by atoms with Gasteiger partial charge in [0.1, 0.15) is 0 Å². The molecule has 0 aliphatic carbocycles. The predicted octanol–water partition coefficient (Wildman–Crippen LogP) is 0.931. The van der Waals surface area contributed by atoms with E-state index in [0.29, 0.717) is 3.58 Å². The SMILES string of the molecule is F[C](F)(F)[Sn][c]1cccnc1. The van der Waals surface area contributed by atoms with Crippen LogP contribution in [0.4, 0.5) is 13.2 Å². The van der Waals surface area contributed by atoms with Gasteiger partial charge in [-0.2, -0.15) is 0 Å². The number of nitrogens with zero attached hydrogens (tertiary/aromatic N) is 1. The molecule has 0 N–H and O–H groups in total. The molecule has 0 fully saturated rings. The first-order valence-corrected chi connectivity index (χ1v) is 5.68. The first-order valence-electron chi connectivity index (χ1n) is 2.83. The Morgan fingerprint density at radius 2 is 2.09 bits per heavy atom. The van der Waals surface area contributed by atoms with Gasteiger partial charge in [-0.15, -0.1) is 0 Å². The Morgan fingerprint density at radius 1 is 1.36 bits per heavy atom. The zero-order chi connectivity index (χ0) is 8.32. The molecule has 0 saturated carbocycles. The van der Waals surface area contributed by atoms with E-state index in [1.165, 1.54) is 24.5 Å². The van der Waals surface area contributed by atoms with Gasteiger partial charge in [0, 0.05) is 0 Å². The normalized spacial score (nSPS) is 11.5. The Labute approximate surface area is 71.9 Å². The molecule has 5 heteroatoms. The molecule has 2 radical (unpaired) electrons. The zero-order valence-corrected chi connectivity index (χ0v) is 8.24. The molecule has 1 rings (SSSR count). The van der Waals surface area contributed by atoms with Crippen LogP contribution in [0.5, 0.6) is 0 Å². The van der Waals surface area contributed by atoms with Crippen molar-refractivity contribution in [1.29, 1.82) is 0 Å². The molecule has 1 nitrogen and oxygen atoms in total. The van der Waals surface area contributed by atoms with Gasteiger partial charge in [-0.25, -0.2) is 0 Å². The molecule has 0 aliphatic rings. The van der Waals surface area contributed by atoms with Crippen LogP contribution < -0.4 is 3.58 Å². The Balaban J connectivity index is 2.66. The van der Waals surface area contributed by atoms with Crippen LogP contribution in [0.3, 0.4) is 0 Å². The molecule has 1 aromatic heterocycles. The van der Waals surface area contributed by atoms with Crippen LogP contribution in [0.25, 0.3) is 0 Å². The number of aromatic nitrogens is 1. The van der Waals surface area contributed by atoms with Crippen molar-refractivity contribution in [3.05, 3.63) is 24.5 Å². The summed E-state index contributed by atoms with van der Waals surface area (Å²) in [6.45, 7) is 0. The third-order valence-corrected chi connectivity index (χ3v) is 3.42. The first-order chi connectivity index (χ1) is 5.08. The van der Waals surface area contributed by atoms with E-state index in [0.717, 1.165) is 0 Å².